The molecule has 0 bridgehead atoms. The first-order chi connectivity index (χ1) is 8.49. The highest BCUT2D eigenvalue weighted by atomic mass is 79.9. The van der Waals surface area contributed by atoms with Crippen LogP contribution in [0.4, 0.5) is 0 Å². The van der Waals surface area contributed by atoms with Crippen LogP contribution in [0.25, 0.3) is 0 Å². The number of rotatable bonds is 4. The number of aromatic nitrogens is 2. The van der Waals surface area contributed by atoms with E-state index in [1.54, 1.807) is 25.1 Å². The molecule has 0 radical (unpaired) electrons. The van der Waals surface area contributed by atoms with E-state index in [-0.39, 0.29) is 17.3 Å². The Labute approximate surface area is 113 Å². The Hall–Kier alpha value is -1.25. The topological polar surface area (TPSA) is 85.1 Å². The molecule has 0 fully saturated rings. The van der Waals surface area contributed by atoms with Crippen LogP contribution >= 0.6 is 15.9 Å². The monoisotopic (exact) mass is 331 g/mol. The van der Waals surface area contributed by atoms with E-state index < -0.39 is 10.0 Å². The number of hydrogen-bond donors (Lipinski definition) is 1. The predicted octanol–water partition coefficient (Wildman–Crippen LogP) is 1.62. The van der Waals surface area contributed by atoms with E-state index >= 15 is 0 Å². The van der Waals surface area contributed by atoms with Crippen molar-refractivity contribution >= 4 is 26.0 Å². The highest BCUT2D eigenvalue weighted by Crippen LogP contribution is 2.20. The quantitative estimate of drug-likeness (QED) is 0.920. The van der Waals surface area contributed by atoms with Gasteiger partial charge in [0.05, 0.1) is 11.4 Å². The number of nitrogens with one attached hydrogen (secondary N) is 1. The Morgan fingerprint density at radius 1 is 1.39 bits per heavy atom. The molecule has 2 aromatic rings. The van der Waals surface area contributed by atoms with Gasteiger partial charge in [-0.15, -0.1) is 0 Å². The molecule has 2 rings (SSSR count). The molecule has 18 heavy (non-hydrogen) atoms. The fourth-order valence-electron chi connectivity index (χ4n) is 1.31. The first kappa shape index (κ1) is 13.2. The van der Waals surface area contributed by atoms with Gasteiger partial charge < -0.3 is 4.52 Å². The van der Waals surface area contributed by atoms with Crippen LogP contribution in [-0.4, -0.2) is 18.6 Å². The summed E-state index contributed by atoms with van der Waals surface area (Å²) in [5.41, 5.74) is 0. The zero-order valence-electron chi connectivity index (χ0n) is 9.42. The van der Waals surface area contributed by atoms with Gasteiger partial charge in [-0.2, -0.15) is 4.98 Å². The Morgan fingerprint density at radius 2 is 2.11 bits per heavy atom. The molecule has 0 unspecified atom stereocenters. The highest BCUT2D eigenvalue weighted by molar-refractivity contribution is 9.10. The lowest BCUT2D eigenvalue weighted by Gasteiger charge is -2.06. The average Bonchev–Trinajstić information content (AvgIpc) is 2.73. The Morgan fingerprint density at radius 3 is 2.72 bits per heavy atom. The summed E-state index contributed by atoms with van der Waals surface area (Å²) in [7, 11) is -3.60. The van der Waals surface area contributed by atoms with Crippen molar-refractivity contribution in [2.45, 2.75) is 18.4 Å². The van der Waals surface area contributed by atoms with Crippen molar-refractivity contribution in [3.63, 3.8) is 0 Å². The number of nitrogens with zero attached hydrogens (tertiary/aromatic N) is 2. The molecule has 1 N–H and O–H groups in total. The van der Waals surface area contributed by atoms with E-state index in [9.17, 15) is 8.42 Å². The minimum absolute atomic E-state index is 0.0372. The van der Waals surface area contributed by atoms with Gasteiger partial charge in [0.15, 0.2) is 5.82 Å². The standard InChI is InChI=1S/C10H10BrN3O3S/c1-7-13-10(17-14-7)6-12-18(15,16)9-5-3-2-4-8(9)11/h2-5,12H,6H2,1H3. The first-order valence-corrected chi connectivity index (χ1v) is 7.30. The maximum absolute atomic E-state index is 12.0. The first-order valence-electron chi connectivity index (χ1n) is 5.02. The average molecular weight is 332 g/mol. The van der Waals surface area contributed by atoms with Crippen LogP contribution in [0.3, 0.4) is 0 Å². The van der Waals surface area contributed by atoms with Crippen molar-refractivity contribution in [2.24, 2.45) is 0 Å². The highest BCUT2D eigenvalue weighted by Gasteiger charge is 2.17. The largest absolute Gasteiger partial charge is 0.338 e. The Balaban J connectivity index is 2.16. The van der Waals surface area contributed by atoms with Crippen LogP contribution in [0, 0.1) is 6.92 Å². The van der Waals surface area contributed by atoms with E-state index in [0.29, 0.717) is 10.3 Å². The van der Waals surface area contributed by atoms with Crippen molar-refractivity contribution in [1.29, 1.82) is 0 Å². The zero-order chi connectivity index (χ0) is 13.2. The molecule has 0 aliphatic carbocycles. The third-order valence-corrected chi connectivity index (χ3v) is 4.52. The molecule has 0 saturated carbocycles. The molecule has 8 heteroatoms. The molecule has 0 saturated heterocycles. The van der Waals surface area contributed by atoms with Crippen molar-refractivity contribution in [3.8, 4) is 0 Å². The van der Waals surface area contributed by atoms with Crippen LogP contribution in [-0.2, 0) is 16.6 Å². The maximum atomic E-state index is 12.0. The predicted molar refractivity (Wildman–Crippen MR) is 67.2 cm³/mol. The van der Waals surface area contributed by atoms with Crippen LogP contribution in [0.2, 0.25) is 0 Å². The molecule has 0 atom stereocenters. The second-order valence-corrected chi connectivity index (χ2v) is 6.08. The van der Waals surface area contributed by atoms with Gasteiger partial charge in [-0.3, -0.25) is 0 Å². The number of sulfonamides is 1. The summed E-state index contributed by atoms with van der Waals surface area (Å²) in [5.74, 6) is 0.688. The van der Waals surface area contributed by atoms with Crippen LogP contribution in [0.5, 0.6) is 0 Å². The van der Waals surface area contributed by atoms with Crippen molar-refractivity contribution < 1.29 is 12.9 Å². The summed E-state index contributed by atoms with van der Waals surface area (Å²) >= 11 is 3.19. The molecule has 6 nitrogen and oxygen atoms in total. The third-order valence-electron chi connectivity index (χ3n) is 2.11. The van der Waals surface area contributed by atoms with Crippen LogP contribution in [0.1, 0.15) is 11.7 Å². The number of hydrogen-bond acceptors (Lipinski definition) is 5. The molecule has 0 spiro atoms. The van der Waals surface area contributed by atoms with E-state index in [1.165, 1.54) is 6.07 Å². The summed E-state index contributed by atoms with van der Waals surface area (Å²) in [6, 6.07) is 6.55. The molecular formula is C10H10BrN3O3S. The molecule has 0 aliphatic heterocycles. The second kappa shape index (κ2) is 5.17. The van der Waals surface area contributed by atoms with E-state index in [4.69, 9.17) is 4.52 Å². The molecule has 1 aromatic heterocycles. The lowest BCUT2D eigenvalue weighted by atomic mass is 10.4. The van der Waals surface area contributed by atoms with Gasteiger partial charge in [0.2, 0.25) is 15.9 Å². The van der Waals surface area contributed by atoms with E-state index in [2.05, 4.69) is 30.8 Å². The van der Waals surface area contributed by atoms with Gasteiger partial charge in [-0.25, -0.2) is 13.1 Å². The summed E-state index contributed by atoms with van der Waals surface area (Å²) in [6.07, 6.45) is 0. The van der Waals surface area contributed by atoms with Crippen molar-refractivity contribution in [3.05, 3.63) is 40.5 Å². The Kier molecular flexibility index (Phi) is 3.79. The van der Waals surface area contributed by atoms with Crippen molar-refractivity contribution in [2.75, 3.05) is 0 Å². The molecule has 1 heterocycles. The normalized spacial score (nSPS) is 11.7. The van der Waals surface area contributed by atoms with Crippen LogP contribution in [0.15, 0.2) is 38.2 Å². The fraction of sp³-hybridized carbons (Fsp3) is 0.200. The summed E-state index contributed by atoms with van der Waals surface area (Å²) in [6.45, 7) is 1.62. The smallest absolute Gasteiger partial charge is 0.242 e. The Bertz CT molecular complexity index is 654. The fourth-order valence-corrected chi connectivity index (χ4v) is 3.28. The zero-order valence-corrected chi connectivity index (χ0v) is 11.8. The molecule has 0 amide bonds. The maximum Gasteiger partial charge on any atom is 0.242 e. The SMILES string of the molecule is Cc1noc(CNS(=O)(=O)c2ccccc2Br)n1. The minimum Gasteiger partial charge on any atom is -0.338 e. The summed E-state index contributed by atoms with van der Waals surface area (Å²) in [4.78, 5) is 4.08. The van der Waals surface area contributed by atoms with Crippen LogP contribution < -0.4 is 4.72 Å². The molecule has 0 aliphatic rings. The number of aryl methyl sites for hydroxylation is 1. The molecule has 96 valence electrons. The van der Waals surface area contributed by atoms with Gasteiger partial charge in [-0.05, 0) is 35.0 Å². The lowest BCUT2D eigenvalue weighted by molar-refractivity contribution is 0.372. The van der Waals surface area contributed by atoms with Gasteiger partial charge >= 0.3 is 0 Å². The van der Waals surface area contributed by atoms with E-state index in [0.717, 1.165) is 0 Å². The summed E-state index contributed by atoms with van der Waals surface area (Å²) < 4.78 is 31.7. The van der Waals surface area contributed by atoms with Crippen molar-refractivity contribution in [1.82, 2.24) is 14.9 Å². The third kappa shape index (κ3) is 2.95. The van der Waals surface area contributed by atoms with Gasteiger partial charge in [-0.1, -0.05) is 17.3 Å². The number of benzene rings is 1. The van der Waals surface area contributed by atoms with Gasteiger partial charge in [0, 0.05) is 4.47 Å². The number of halogens is 1. The molecule has 1 aromatic carbocycles. The molecular weight excluding hydrogens is 322 g/mol. The van der Waals surface area contributed by atoms with Gasteiger partial charge in [0.25, 0.3) is 0 Å². The minimum atomic E-state index is -3.60. The second-order valence-electron chi connectivity index (χ2n) is 3.49. The summed E-state index contributed by atoms with van der Waals surface area (Å²) in [5, 5.41) is 3.58. The lowest BCUT2D eigenvalue weighted by Crippen LogP contribution is -2.23. The van der Waals surface area contributed by atoms with Gasteiger partial charge in [0.1, 0.15) is 0 Å². The van der Waals surface area contributed by atoms with E-state index in [1.807, 2.05) is 0 Å².